The number of H-pyrrole nitrogens is 1. The first-order chi connectivity index (χ1) is 8.80. The quantitative estimate of drug-likeness (QED) is 0.825. The van der Waals surface area contributed by atoms with Crippen molar-refractivity contribution in [3.63, 3.8) is 0 Å². The molecule has 1 aliphatic heterocycles. The third-order valence-corrected chi connectivity index (χ3v) is 5.15. The number of anilines is 1. The van der Waals surface area contributed by atoms with Crippen LogP contribution in [-0.4, -0.2) is 22.6 Å². The Morgan fingerprint density at radius 1 is 1.39 bits per heavy atom. The van der Waals surface area contributed by atoms with E-state index in [4.69, 9.17) is 0 Å². The molecule has 0 bridgehead atoms. The maximum absolute atomic E-state index is 12.7. The van der Waals surface area contributed by atoms with E-state index in [1.54, 1.807) is 0 Å². The molecule has 18 heavy (non-hydrogen) atoms. The number of carbonyl (C=O) groups excluding carboxylic acids is 1. The number of carbonyl (C=O) groups is 1. The number of nitrogens with one attached hydrogen (secondary N) is 1. The number of hydrogen-bond donors (Lipinski definition) is 1. The molecule has 1 amide bonds. The van der Waals surface area contributed by atoms with Crippen molar-refractivity contribution >= 4 is 11.6 Å². The molecule has 1 aromatic rings. The van der Waals surface area contributed by atoms with Crippen molar-refractivity contribution < 1.29 is 4.79 Å². The van der Waals surface area contributed by atoms with Crippen molar-refractivity contribution in [2.24, 2.45) is 11.3 Å². The van der Waals surface area contributed by atoms with Gasteiger partial charge in [0.2, 0.25) is 5.91 Å². The van der Waals surface area contributed by atoms with E-state index in [0.29, 0.717) is 17.2 Å². The topological polar surface area (TPSA) is 49.0 Å². The van der Waals surface area contributed by atoms with E-state index in [1.165, 1.54) is 25.7 Å². The molecular weight excluding hydrogens is 226 g/mol. The second-order valence-electron chi connectivity index (χ2n) is 6.15. The molecule has 2 aliphatic carbocycles. The number of aromatic amines is 1. The van der Waals surface area contributed by atoms with Gasteiger partial charge >= 0.3 is 0 Å². The molecule has 96 valence electrons. The van der Waals surface area contributed by atoms with Gasteiger partial charge in [-0.25, -0.2) is 0 Å². The van der Waals surface area contributed by atoms with Crippen LogP contribution >= 0.6 is 0 Å². The van der Waals surface area contributed by atoms with E-state index in [0.717, 1.165) is 37.2 Å². The van der Waals surface area contributed by atoms with Crippen LogP contribution in [0.4, 0.5) is 5.69 Å². The van der Waals surface area contributed by atoms with Crippen LogP contribution < -0.4 is 4.90 Å². The molecule has 1 unspecified atom stereocenters. The van der Waals surface area contributed by atoms with Gasteiger partial charge in [0.1, 0.15) is 0 Å². The number of nitrogens with zero attached hydrogens (tertiary/aromatic N) is 2. The van der Waals surface area contributed by atoms with Crippen LogP contribution in [0.2, 0.25) is 0 Å². The maximum atomic E-state index is 12.7. The smallest absolute Gasteiger partial charge is 0.230 e. The van der Waals surface area contributed by atoms with E-state index in [9.17, 15) is 4.79 Å². The van der Waals surface area contributed by atoms with Crippen molar-refractivity contribution in [3.05, 3.63) is 11.9 Å². The van der Waals surface area contributed by atoms with Crippen LogP contribution in [0.5, 0.6) is 0 Å². The normalized spacial score (nSPS) is 28.4. The average Bonchev–Trinajstić information content (AvgIpc) is 2.78. The Kier molecular flexibility index (Phi) is 2.11. The molecule has 4 rings (SSSR count). The molecule has 0 aromatic carbocycles. The highest BCUT2D eigenvalue weighted by Crippen LogP contribution is 2.63. The minimum absolute atomic E-state index is 0.306. The molecule has 1 aromatic heterocycles. The monoisotopic (exact) mass is 245 g/mol. The standard InChI is InChI=1S/C14H19N3O/c18-13(10-8-14(10)5-1-2-6-14)17-7-3-4-11-12(17)9-15-16-11/h9-10H,1-8H2,(H,15,16). The molecule has 3 aliphatic rings. The van der Waals surface area contributed by atoms with Gasteiger partial charge < -0.3 is 4.90 Å². The summed E-state index contributed by atoms with van der Waals surface area (Å²) in [5.74, 6) is 0.667. The lowest BCUT2D eigenvalue weighted by atomic mass is 10.0. The van der Waals surface area contributed by atoms with Crippen LogP contribution in [-0.2, 0) is 11.2 Å². The lowest BCUT2D eigenvalue weighted by Crippen LogP contribution is -2.37. The molecule has 1 N–H and O–H groups in total. The van der Waals surface area contributed by atoms with E-state index < -0.39 is 0 Å². The van der Waals surface area contributed by atoms with Gasteiger partial charge in [-0.3, -0.25) is 9.89 Å². The van der Waals surface area contributed by atoms with Gasteiger partial charge in [0.25, 0.3) is 0 Å². The van der Waals surface area contributed by atoms with Crippen LogP contribution in [0.1, 0.15) is 44.2 Å². The van der Waals surface area contributed by atoms with Crippen LogP contribution in [0.25, 0.3) is 0 Å². The van der Waals surface area contributed by atoms with Gasteiger partial charge in [0.15, 0.2) is 0 Å². The summed E-state index contributed by atoms with van der Waals surface area (Å²) in [5, 5.41) is 7.11. The van der Waals surface area contributed by atoms with E-state index in [2.05, 4.69) is 10.2 Å². The SMILES string of the molecule is O=C(C1CC12CCCC2)N1CCCc2[nH]ncc21. The minimum Gasteiger partial charge on any atom is -0.309 e. The van der Waals surface area contributed by atoms with Gasteiger partial charge in [-0.05, 0) is 37.5 Å². The summed E-state index contributed by atoms with van der Waals surface area (Å²) in [4.78, 5) is 14.7. The summed E-state index contributed by atoms with van der Waals surface area (Å²) in [6, 6.07) is 0. The number of aromatic nitrogens is 2. The fourth-order valence-corrected chi connectivity index (χ4v) is 4.00. The summed E-state index contributed by atoms with van der Waals surface area (Å²) in [6.07, 6.45) is 10.2. The number of amides is 1. The highest BCUT2D eigenvalue weighted by atomic mass is 16.2. The van der Waals surface area contributed by atoms with Crippen molar-refractivity contribution in [3.8, 4) is 0 Å². The Morgan fingerprint density at radius 2 is 2.22 bits per heavy atom. The summed E-state index contributed by atoms with van der Waals surface area (Å²) in [7, 11) is 0. The predicted molar refractivity (Wildman–Crippen MR) is 68.3 cm³/mol. The number of hydrogen-bond acceptors (Lipinski definition) is 2. The molecule has 4 nitrogen and oxygen atoms in total. The molecule has 1 spiro atoms. The first-order valence-corrected chi connectivity index (χ1v) is 7.14. The molecule has 2 heterocycles. The van der Waals surface area contributed by atoms with Gasteiger partial charge in [-0.2, -0.15) is 5.10 Å². The minimum atomic E-state index is 0.306. The van der Waals surface area contributed by atoms with E-state index in [1.807, 2.05) is 11.1 Å². The van der Waals surface area contributed by atoms with Crippen molar-refractivity contribution in [2.45, 2.75) is 44.9 Å². The first-order valence-electron chi connectivity index (χ1n) is 7.14. The Bertz CT molecular complexity index is 487. The zero-order chi connectivity index (χ0) is 12.2. The maximum Gasteiger partial charge on any atom is 0.230 e. The first kappa shape index (κ1) is 10.6. The van der Waals surface area contributed by atoms with E-state index in [-0.39, 0.29) is 0 Å². The fourth-order valence-electron chi connectivity index (χ4n) is 4.00. The highest BCUT2D eigenvalue weighted by Gasteiger charge is 2.59. The molecule has 1 atom stereocenters. The average molecular weight is 245 g/mol. The summed E-state index contributed by atoms with van der Waals surface area (Å²) < 4.78 is 0. The second-order valence-corrected chi connectivity index (χ2v) is 6.15. The third-order valence-electron chi connectivity index (χ3n) is 5.15. The third kappa shape index (κ3) is 1.38. The summed E-state index contributed by atoms with van der Waals surface area (Å²) >= 11 is 0. The van der Waals surface area contributed by atoms with Gasteiger partial charge in [-0.1, -0.05) is 12.8 Å². The Morgan fingerprint density at radius 3 is 3.06 bits per heavy atom. The highest BCUT2D eigenvalue weighted by molar-refractivity contribution is 5.98. The molecule has 0 radical (unpaired) electrons. The number of rotatable bonds is 1. The Hall–Kier alpha value is -1.32. The molecule has 0 saturated heterocycles. The summed E-state index contributed by atoms with van der Waals surface area (Å²) in [5.41, 5.74) is 2.57. The van der Waals surface area contributed by atoms with Gasteiger partial charge in [-0.15, -0.1) is 0 Å². The Balaban J connectivity index is 1.57. The zero-order valence-corrected chi connectivity index (χ0v) is 10.6. The molecule has 2 fully saturated rings. The van der Waals surface area contributed by atoms with Gasteiger partial charge in [0.05, 0.1) is 17.6 Å². The number of aryl methyl sites for hydroxylation is 1. The zero-order valence-electron chi connectivity index (χ0n) is 10.6. The van der Waals surface area contributed by atoms with Crippen molar-refractivity contribution in [1.82, 2.24) is 10.2 Å². The second kappa shape index (κ2) is 3.59. The van der Waals surface area contributed by atoms with E-state index >= 15 is 0 Å². The Labute approximate surface area is 107 Å². The van der Waals surface area contributed by atoms with Crippen molar-refractivity contribution in [1.29, 1.82) is 0 Å². The predicted octanol–water partition coefficient (Wildman–Crippen LogP) is 2.27. The lowest BCUT2D eigenvalue weighted by Gasteiger charge is -2.27. The molecule has 4 heteroatoms. The fraction of sp³-hybridized carbons (Fsp3) is 0.714. The number of fused-ring (bicyclic) bond motifs is 1. The summed E-state index contributed by atoms with van der Waals surface area (Å²) in [6.45, 7) is 0.873. The molecular formula is C14H19N3O. The van der Waals surface area contributed by atoms with Crippen LogP contribution in [0.15, 0.2) is 6.20 Å². The lowest BCUT2D eigenvalue weighted by molar-refractivity contribution is -0.120. The van der Waals surface area contributed by atoms with Crippen molar-refractivity contribution in [2.75, 3.05) is 11.4 Å². The van der Waals surface area contributed by atoms with Gasteiger partial charge in [0, 0.05) is 12.5 Å². The largest absolute Gasteiger partial charge is 0.309 e. The van der Waals surface area contributed by atoms with Crippen LogP contribution in [0, 0.1) is 11.3 Å². The van der Waals surface area contributed by atoms with Crippen LogP contribution in [0.3, 0.4) is 0 Å². The molecule has 2 saturated carbocycles.